The molecule has 2 atom stereocenters. The van der Waals surface area contributed by atoms with E-state index in [1.54, 1.807) is 35.6 Å². The van der Waals surface area contributed by atoms with Crippen LogP contribution in [0.5, 0.6) is 0 Å². The topological polar surface area (TPSA) is 54.5 Å². The monoisotopic (exact) mass is 375 g/mol. The van der Waals surface area contributed by atoms with Crippen molar-refractivity contribution in [2.24, 2.45) is 0 Å². The summed E-state index contributed by atoms with van der Waals surface area (Å²) in [6.45, 7) is 0. The molecule has 1 aromatic heterocycles. The number of thiophene rings is 1. The van der Waals surface area contributed by atoms with Gasteiger partial charge in [0.15, 0.2) is 9.84 Å². The van der Waals surface area contributed by atoms with E-state index in [0.717, 1.165) is 17.7 Å². The van der Waals surface area contributed by atoms with Gasteiger partial charge in [-0.05, 0) is 49.3 Å². The predicted molar refractivity (Wildman–Crippen MR) is 98.3 cm³/mol. The molecule has 4 nitrogen and oxygen atoms in total. The Morgan fingerprint density at radius 1 is 1.04 bits per heavy atom. The van der Waals surface area contributed by atoms with Gasteiger partial charge in [0.25, 0.3) is 0 Å². The van der Waals surface area contributed by atoms with Crippen molar-refractivity contribution in [2.45, 2.75) is 54.3 Å². The second kappa shape index (κ2) is 6.57. The second-order valence-electron chi connectivity index (χ2n) is 6.89. The quantitative estimate of drug-likeness (QED) is 0.824. The van der Waals surface area contributed by atoms with E-state index in [1.165, 1.54) is 0 Å². The van der Waals surface area contributed by atoms with Gasteiger partial charge < -0.3 is 4.90 Å². The Morgan fingerprint density at radius 2 is 1.72 bits per heavy atom. The van der Waals surface area contributed by atoms with Gasteiger partial charge in [-0.15, -0.1) is 11.3 Å². The Balaban J connectivity index is 1.51. The number of rotatable bonds is 4. The molecule has 2 bridgehead atoms. The van der Waals surface area contributed by atoms with Gasteiger partial charge in [-0.3, -0.25) is 4.79 Å². The van der Waals surface area contributed by atoms with Crippen molar-refractivity contribution in [3.63, 3.8) is 0 Å². The lowest BCUT2D eigenvalue weighted by Crippen LogP contribution is -2.50. The van der Waals surface area contributed by atoms with Crippen molar-refractivity contribution in [3.8, 4) is 0 Å². The first-order valence-electron chi connectivity index (χ1n) is 8.68. The molecule has 0 unspecified atom stereocenters. The smallest absolute Gasteiger partial charge is 0.228 e. The number of carbonyl (C=O) groups excluding carboxylic acids is 1. The predicted octanol–water partition coefficient (Wildman–Crippen LogP) is 3.29. The minimum atomic E-state index is -3.32. The number of hydrogen-bond acceptors (Lipinski definition) is 4. The van der Waals surface area contributed by atoms with Crippen molar-refractivity contribution >= 4 is 27.1 Å². The molecule has 2 saturated heterocycles. The highest BCUT2D eigenvalue weighted by Gasteiger charge is 2.46. The molecule has 0 radical (unpaired) electrons. The Kier molecular flexibility index (Phi) is 4.41. The lowest BCUT2D eigenvalue weighted by Gasteiger charge is -2.38. The number of fused-ring (bicyclic) bond motifs is 2. The maximum atomic E-state index is 12.9. The van der Waals surface area contributed by atoms with Crippen LogP contribution in [-0.2, 0) is 21.1 Å². The summed E-state index contributed by atoms with van der Waals surface area (Å²) >= 11 is 1.60. The Hall–Kier alpha value is -1.66. The summed E-state index contributed by atoms with van der Waals surface area (Å²) in [7, 11) is -3.32. The first-order chi connectivity index (χ1) is 12.1. The fourth-order valence-electron chi connectivity index (χ4n) is 4.24. The van der Waals surface area contributed by atoms with E-state index in [-0.39, 0.29) is 23.2 Å². The largest absolute Gasteiger partial charge is 0.336 e. The zero-order valence-electron chi connectivity index (χ0n) is 13.9. The van der Waals surface area contributed by atoms with Gasteiger partial charge in [-0.1, -0.05) is 24.3 Å². The summed E-state index contributed by atoms with van der Waals surface area (Å²) in [6.07, 6.45) is 3.39. The van der Waals surface area contributed by atoms with Gasteiger partial charge in [0.05, 0.1) is 16.6 Å². The van der Waals surface area contributed by atoms with Crippen LogP contribution in [0, 0.1) is 0 Å². The number of sulfone groups is 1. The molecule has 2 fully saturated rings. The minimum Gasteiger partial charge on any atom is -0.336 e. The van der Waals surface area contributed by atoms with Gasteiger partial charge in [0.1, 0.15) is 0 Å². The molecule has 6 heteroatoms. The molecular weight excluding hydrogens is 354 g/mol. The summed E-state index contributed by atoms with van der Waals surface area (Å²) in [5, 5.41) is 1.61. The molecule has 2 aliphatic heterocycles. The first-order valence-corrected chi connectivity index (χ1v) is 11.1. The summed E-state index contributed by atoms with van der Waals surface area (Å²) < 4.78 is 25.9. The van der Waals surface area contributed by atoms with E-state index < -0.39 is 9.84 Å². The van der Waals surface area contributed by atoms with Crippen molar-refractivity contribution in [3.05, 3.63) is 52.7 Å². The molecule has 25 heavy (non-hydrogen) atoms. The number of piperidine rings is 1. The van der Waals surface area contributed by atoms with Gasteiger partial charge in [0, 0.05) is 17.0 Å². The zero-order valence-corrected chi connectivity index (χ0v) is 15.5. The molecule has 2 aromatic rings. The van der Waals surface area contributed by atoms with Crippen LogP contribution in [0.4, 0.5) is 0 Å². The van der Waals surface area contributed by atoms with Gasteiger partial charge in [-0.2, -0.15) is 0 Å². The lowest BCUT2D eigenvalue weighted by molar-refractivity contribution is -0.134. The molecule has 1 amide bonds. The minimum absolute atomic E-state index is 0.0645. The number of amides is 1. The summed E-state index contributed by atoms with van der Waals surface area (Å²) in [4.78, 5) is 16.2. The van der Waals surface area contributed by atoms with Crippen LogP contribution >= 0.6 is 11.3 Å². The Labute approximate surface area is 152 Å². The fourth-order valence-corrected chi connectivity index (χ4v) is 6.81. The highest BCUT2D eigenvalue weighted by atomic mass is 32.2. The third-order valence-electron chi connectivity index (χ3n) is 5.39. The summed E-state index contributed by atoms with van der Waals surface area (Å²) in [5.41, 5.74) is 0. The second-order valence-corrected chi connectivity index (χ2v) is 10.2. The van der Waals surface area contributed by atoms with Crippen LogP contribution < -0.4 is 0 Å². The molecule has 0 spiro atoms. The average molecular weight is 376 g/mol. The lowest BCUT2D eigenvalue weighted by atomic mass is 10.0. The standard InChI is InChI=1S/C19H21NO3S2/c21-19(13-16-5-4-10-24-16)20-14-8-9-15(20)12-18(11-14)25(22,23)17-6-2-1-3-7-17/h1-7,10,14-15,18H,8-9,11-13H2/t14-,15-/m1/s1. The van der Waals surface area contributed by atoms with Gasteiger partial charge >= 0.3 is 0 Å². The first kappa shape index (κ1) is 16.8. The van der Waals surface area contributed by atoms with E-state index >= 15 is 0 Å². The van der Waals surface area contributed by atoms with E-state index in [9.17, 15) is 13.2 Å². The highest BCUT2D eigenvalue weighted by molar-refractivity contribution is 7.92. The zero-order chi connectivity index (χ0) is 17.4. The Bertz CT molecular complexity index is 832. The summed E-state index contributed by atoms with van der Waals surface area (Å²) in [5.74, 6) is 0.144. The third-order valence-corrected chi connectivity index (χ3v) is 8.46. The molecule has 2 aliphatic rings. The molecule has 0 N–H and O–H groups in total. The van der Waals surface area contributed by atoms with Gasteiger partial charge in [-0.25, -0.2) is 8.42 Å². The SMILES string of the molecule is O=C(Cc1cccs1)N1[C@@H]2CC[C@@H]1CC(S(=O)(=O)c1ccccc1)C2. The van der Waals surface area contributed by atoms with E-state index in [4.69, 9.17) is 0 Å². The molecule has 0 aliphatic carbocycles. The maximum absolute atomic E-state index is 12.9. The van der Waals surface area contributed by atoms with E-state index in [2.05, 4.69) is 0 Å². The van der Waals surface area contributed by atoms with E-state index in [0.29, 0.717) is 24.2 Å². The van der Waals surface area contributed by atoms with Crippen LogP contribution in [0.25, 0.3) is 0 Å². The number of hydrogen-bond donors (Lipinski definition) is 0. The number of nitrogens with zero attached hydrogens (tertiary/aromatic N) is 1. The number of benzene rings is 1. The van der Waals surface area contributed by atoms with Crippen LogP contribution in [0.1, 0.15) is 30.6 Å². The van der Waals surface area contributed by atoms with Crippen LogP contribution in [0.15, 0.2) is 52.7 Å². The summed E-state index contributed by atoms with van der Waals surface area (Å²) in [6, 6.07) is 12.8. The molecular formula is C19H21NO3S2. The number of carbonyl (C=O) groups is 1. The Morgan fingerprint density at radius 3 is 2.32 bits per heavy atom. The van der Waals surface area contributed by atoms with Crippen molar-refractivity contribution in [2.75, 3.05) is 0 Å². The molecule has 4 rings (SSSR count). The van der Waals surface area contributed by atoms with Crippen LogP contribution in [0.2, 0.25) is 0 Å². The van der Waals surface area contributed by atoms with Crippen molar-refractivity contribution in [1.29, 1.82) is 0 Å². The maximum Gasteiger partial charge on any atom is 0.228 e. The molecule has 3 heterocycles. The fraction of sp³-hybridized carbons (Fsp3) is 0.421. The van der Waals surface area contributed by atoms with E-state index in [1.807, 2.05) is 28.5 Å². The average Bonchev–Trinajstić information content (AvgIpc) is 3.21. The third kappa shape index (κ3) is 3.13. The van der Waals surface area contributed by atoms with Crippen LogP contribution in [0.3, 0.4) is 0 Å². The molecule has 132 valence electrons. The normalized spacial score (nSPS) is 25.9. The highest BCUT2D eigenvalue weighted by Crippen LogP contribution is 2.40. The van der Waals surface area contributed by atoms with Crippen molar-refractivity contribution < 1.29 is 13.2 Å². The molecule has 1 aromatic carbocycles. The van der Waals surface area contributed by atoms with Gasteiger partial charge in [0.2, 0.25) is 5.91 Å². The molecule has 0 saturated carbocycles. The van der Waals surface area contributed by atoms with Crippen LogP contribution in [-0.4, -0.2) is 36.6 Å². The van der Waals surface area contributed by atoms with Crippen molar-refractivity contribution in [1.82, 2.24) is 4.90 Å².